The van der Waals surface area contributed by atoms with Crippen LogP contribution in [0.1, 0.15) is 41.3 Å². The van der Waals surface area contributed by atoms with Gasteiger partial charge in [0.05, 0.1) is 18.2 Å². The van der Waals surface area contributed by atoms with Crippen molar-refractivity contribution in [1.82, 2.24) is 4.90 Å². The number of ketones is 1. The van der Waals surface area contributed by atoms with Gasteiger partial charge in [-0.15, -0.1) is 0 Å². The second-order valence-corrected chi connectivity index (χ2v) is 8.64. The van der Waals surface area contributed by atoms with Crippen molar-refractivity contribution < 1.29 is 19.4 Å². The zero-order chi connectivity index (χ0) is 20.5. The maximum absolute atomic E-state index is 12.9. The molecule has 0 aromatic heterocycles. The largest absolute Gasteiger partial charge is 0.507 e. The standard InChI is InChI=1S/C23H24BrNO4/c1-14-7-9-25(10-8-14)13-18-19(26)5-4-17-22(27)21(29-23(17)18)12-15-11-16(24)3-6-20(15)28-2/h3-6,11-12,14,26H,7-10,13H2,1-2H3/b21-12-. The van der Waals surface area contributed by atoms with Crippen LogP contribution in [-0.4, -0.2) is 36.0 Å². The quantitative estimate of drug-likeness (QED) is 0.653. The molecule has 0 bridgehead atoms. The Morgan fingerprint density at radius 2 is 2.03 bits per heavy atom. The molecule has 1 fully saturated rings. The van der Waals surface area contributed by atoms with Gasteiger partial charge in [0, 0.05) is 16.6 Å². The lowest BCUT2D eigenvalue weighted by Gasteiger charge is -2.30. The molecular weight excluding hydrogens is 434 g/mol. The molecule has 2 aliphatic rings. The zero-order valence-corrected chi connectivity index (χ0v) is 18.2. The minimum atomic E-state index is -0.185. The molecule has 0 amide bonds. The number of hydrogen-bond donors (Lipinski definition) is 1. The summed E-state index contributed by atoms with van der Waals surface area (Å²) in [5.41, 5.74) is 1.91. The summed E-state index contributed by atoms with van der Waals surface area (Å²) in [5.74, 6) is 2.06. The first kappa shape index (κ1) is 20.0. The number of carbonyl (C=O) groups excluding carboxylic acids is 1. The third-order valence-corrected chi connectivity index (χ3v) is 6.15. The molecule has 1 saturated heterocycles. The molecule has 2 aromatic rings. The second kappa shape index (κ2) is 8.20. The highest BCUT2D eigenvalue weighted by atomic mass is 79.9. The Kier molecular flexibility index (Phi) is 5.65. The van der Waals surface area contributed by atoms with E-state index in [9.17, 15) is 9.90 Å². The smallest absolute Gasteiger partial charge is 0.231 e. The first-order valence-electron chi connectivity index (χ1n) is 9.81. The number of likely N-dealkylation sites (tertiary alicyclic amines) is 1. The van der Waals surface area contributed by atoms with Gasteiger partial charge < -0.3 is 14.6 Å². The Hall–Kier alpha value is -2.31. The van der Waals surface area contributed by atoms with Crippen molar-refractivity contribution in [3.05, 3.63) is 57.3 Å². The van der Waals surface area contributed by atoms with E-state index < -0.39 is 0 Å². The minimum absolute atomic E-state index is 0.163. The number of Topliss-reactive ketones (excluding diaryl/α,β-unsaturated/α-hetero) is 1. The molecule has 152 valence electrons. The van der Waals surface area contributed by atoms with Crippen molar-refractivity contribution >= 4 is 27.8 Å². The minimum Gasteiger partial charge on any atom is -0.507 e. The number of phenolic OH excluding ortho intramolecular Hbond substituents is 1. The summed E-state index contributed by atoms with van der Waals surface area (Å²) in [7, 11) is 1.59. The molecule has 0 aliphatic carbocycles. The summed E-state index contributed by atoms with van der Waals surface area (Å²) in [6.45, 7) is 4.80. The van der Waals surface area contributed by atoms with Gasteiger partial charge in [0.25, 0.3) is 0 Å². The fourth-order valence-corrected chi connectivity index (χ4v) is 4.23. The van der Waals surface area contributed by atoms with E-state index in [0.717, 1.165) is 41.9 Å². The Balaban J connectivity index is 1.65. The number of fused-ring (bicyclic) bond motifs is 1. The van der Waals surface area contributed by atoms with Gasteiger partial charge in [0.1, 0.15) is 17.2 Å². The molecule has 1 N–H and O–H groups in total. The second-order valence-electron chi connectivity index (χ2n) is 7.72. The van der Waals surface area contributed by atoms with Gasteiger partial charge >= 0.3 is 0 Å². The molecule has 0 unspecified atom stereocenters. The average Bonchev–Trinajstić information content (AvgIpc) is 3.02. The first-order valence-corrected chi connectivity index (χ1v) is 10.6. The van der Waals surface area contributed by atoms with Crippen LogP contribution < -0.4 is 9.47 Å². The van der Waals surface area contributed by atoms with Gasteiger partial charge in [-0.1, -0.05) is 22.9 Å². The number of methoxy groups -OCH3 is 1. The van der Waals surface area contributed by atoms with Gasteiger partial charge in [-0.3, -0.25) is 9.69 Å². The number of aromatic hydroxyl groups is 1. The van der Waals surface area contributed by atoms with Crippen LogP contribution in [0.4, 0.5) is 0 Å². The monoisotopic (exact) mass is 457 g/mol. The summed E-state index contributed by atoms with van der Waals surface area (Å²) in [5, 5.41) is 10.5. The number of halogens is 1. The van der Waals surface area contributed by atoms with E-state index in [4.69, 9.17) is 9.47 Å². The third-order valence-electron chi connectivity index (χ3n) is 5.65. The van der Waals surface area contributed by atoms with Crippen LogP contribution in [0, 0.1) is 5.92 Å². The molecule has 0 saturated carbocycles. The van der Waals surface area contributed by atoms with Gasteiger partial charge in [0.15, 0.2) is 5.76 Å². The van der Waals surface area contributed by atoms with Crippen molar-refractivity contribution in [2.75, 3.05) is 20.2 Å². The molecule has 5 nitrogen and oxygen atoms in total. The molecule has 2 heterocycles. The van der Waals surface area contributed by atoms with E-state index in [-0.39, 0.29) is 17.3 Å². The highest BCUT2D eigenvalue weighted by molar-refractivity contribution is 9.10. The Morgan fingerprint density at radius 3 is 2.76 bits per heavy atom. The normalized spacial score (nSPS) is 18.7. The zero-order valence-electron chi connectivity index (χ0n) is 16.6. The van der Waals surface area contributed by atoms with Crippen molar-refractivity contribution in [2.24, 2.45) is 5.92 Å². The summed E-state index contributed by atoms with van der Waals surface area (Å²) < 4.78 is 12.3. The first-order chi connectivity index (χ1) is 14.0. The summed E-state index contributed by atoms with van der Waals surface area (Å²) in [6, 6.07) is 8.80. The van der Waals surface area contributed by atoms with E-state index in [0.29, 0.717) is 29.2 Å². The average molecular weight is 458 g/mol. The molecule has 0 atom stereocenters. The van der Waals surface area contributed by atoms with Crippen LogP contribution >= 0.6 is 15.9 Å². The van der Waals surface area contributed by atoms with E-state index in [2.05, 4.69) is 27.8 Å². The fraction of sp³-hybridized carbons (Fsp3) is 0.348. The van der Waals surface area contributed by atoms with Gasteiger partial charge in [-0.25, -0.2) is 0 Å². The maximum Gasteiger partial charge on any atom is 0.231 e. The number of ether oxygens (including phenoxy) is 2. The number of hydrogen-bond acceptors (Lipinski definition) is 5. The number of phenols is 1. The lowest BCUT2D eigenvalue weighted by atomic mass is 9.98. The lowest BCUT2D eigenvalue weighted by molar-refractivity contribution is 0.101. The topological polar surface area (TPSA) is 59.0 Å². The predicted molar refractivity (Wildman–Crippen MR) is 115 cm³/mol. The van der Waals surface area contributed by atoms with Gasteiger partial charge in [0.2, 0.25) is 5.78 Å². The Labute approximate surface area is 179 Å². The molecular formula is C23H24BrNO4. The van der Waals surface area contributed by atoms with Crippen molar-refractivity contribution in [1.29, 1.82) is 0 Å². The molecule has 0 radical (unpaired) electrons. The van der Waals surface area contributed by atoms with E-state index in [1.807, 2.05) is 18.2 Å². The molecule has 4 rings (SSSR count). The van der Waals surface area contributed by atoms with Gasteiger partial charge in [-0.2, -0.15) is 0 Å². The van der Waals surface area contributed by atoms with Crippen LogP contribution in [0.3, 0.4) is 0 Å². The molecule has 2 aliphatic heterocycles. The highest BCUT2D eigenvalue weighted by Crippen LogP contribution is 2.41. The summed E-state index contributed by atoms with van der Waals surface area (Å²) in [4.78, 5) is 15.3. The highest BCUT2D eigenvalue weighted by Gasteiger charge is 2.32. The van der Waals surface area contributed by atoms with Crippen molar-refractivity contribution in [2.45, 2.75) is 26.3 Å². The lowest BCUT2D eigenvalue weighted by Crippen LogP contribution is -2.32. The number of piperidine rings is 1. The van der Waals surface area contributed by atoms with Crippen LogP contribution in [0.25, 0.3) is 6.08 Å². The Bertz CT molecular complexity index is 977. The predicted octanol–water partition coefficient (Wildman–Crippen LogP) is 5.01. The van der Waals surface area contributed by atoms with Crippen molar-refractivity contribution in [3.8, 4) is 17.2 Å². The van der Waals surface area contributed by atoms with E-state index >= 15 is 0 Å². The van der Waals surface area contributed by atoms with Crippen molar-refractivity contribution in [3.63, 3.8) is 0 Å². The summed E-state index contributed by atoms with van der Waals surface area (Å²) >= 11 is 3.45. The van der Waals surface area contributed by atoms with E-state index in [1.165, 1.54) is 0 Å². The molecule has 2 aromatic carbocycles. The number of carbonyl (C=O) groups is 1. The summed E-state index contributed by atoms with van der Waals surface area (Å²) in [6.07, 6.45) is 3.97. The van der Waals surface area contributed by atoms with E-state index in [1.54, 1.807) is 25.3 Å². The molecule has 29 heavy (non-hydrogen) atoms. The van der Waals surface area contributed by atoms with Crippen LogP contribution in [0.5, 0.6) is 17.2 Å². The van der Waals surface area contributed by atoms with Crippen LogP contribution in [0.15, 0.2) is 40.6 Å². The number of allylic oxidation sites excluding steroid dienone is 1. The van der Waals surface area contributed by atoms with Crippen LogP contribution in [-0.2, 0) is 6.54 Å². The number of rotatable bonds is 4. The fourth-order valence-electron chi connectivity index (χ4n) is 3.85. The SMILES string of the molecule is COc1ccc(Br)cc1/C=C1\Oc2c(ccc(O)c2CN2CCC(C)CC2)C1=O. The Morgan fingerprint density at radius 1 is 1.28 bits per heavy atom. The molecule has 0 spiro atoms. The van der Waals surface area contributed by atoms with Crippen LogP contribution in [0.2, 0.25) is 0 Å². The maximum atomic E-state index is 12.9. The number of nitrogens with zero attached hydrogens (tertiary/aromatic N) is 1. The molecule has 6 heteroatoms. The van der Waals surface area contributed by atoms with Gasteiger partial charge in [-0.05, 0) is 68.3 Å². The third kappa shape index (κ3) is 4.05. The number of benzene rings is 2.